The molecular weight excluding hydrogens is 394 g/mol. The van der Waals surface area contributed by atoms with E-state index in [0.717, 1.165) is 48.5 Å². The van der Waals surface area contributed by atoms with Crippen LogP contribution in [0.15, 0.2) is 48.5 Å². The van der Waals surface area contributed by atoms with E-state index in [1.165, 1.54) is 14.1 Å². The molecule has 0 aliphatic heterocycles. The van der Waals surface area contributed by atoms with Crippen molar-refractivity contribution in [3.63, 3.8) is 0 Å². The highest BCUT2D eigenvalue weighted by atomic mass is 19.4. The van der Waals surface area contributed by atoms with E-state index in [1.807, 2.05) is 0 Å². The van der Waals surface area contributed by atoms with Crippen LogP contribution in [-0.4, -0.2) is 39.3 Å². The fourth-order valence-electron chi connectivity index (χ4n) is 2.25. The van der Waals surface area contributed by atoms with Crippen molar-refractivity contribution in [1.82, 2.24) is 0 Å². The number of nitrogens with one attached hydrogen (secondary N) is 2. The van der Waals surface area contributed by atoms with Gasteiger partial charge in [-0.2, -0.15) is 0 Å². The molecule has 0 fully saturated rings. The minimum absolute atomic E-state index is 0.0543. The van der Waals surface area contributed by atoms with Crippen molar-refractivity contribution in [2.24, 2.45) is 0 Å². The van der Waals surface area contributed by atoms with Crippen molar-refractivity contribution >= 4 is 25.2 Å². The van der Waals surface area contributed by atoms with Crippen molar-refractivity contribution in [1.29, 1.82) is 0 Å². The average molecular weight is 410 g/mol. The van der Waals surface area contributed by atoms with Crippen LogP contribution in [0.4, 0.5) is 34.7 Å². The molecule has 12 heteroatoms. The molecule has 2 aromatic carbocycles. The van der Waals surface area contributed by atoms with E-state index in [9.17, 15) is 34.7 Å². The second-order valence-electron chi connectivity index (χ2n) is 5.49. The normalized spacial score (nSPS) is 13.1. The molecule has 0 spiro atoms. The lowest BCUT2D eigenvalue weighted by Gasteiger charge is -2.12. The zero-order valence-electron chi connectivity index (χ0n) is 14.8. The molecule has 0 unspecified atom stereocenters. The van der Waals surface area contributed by atoms with Crippen LogP contribution >= 0.6 is 0 Å². The molecule has 2 nitrogen and oxygen atoms in total. The fourth-order valence-corrected chi connectivity index (χ4v) is 2.25. The molecule has 28 heavy (non-hydrogen) atoms. The van der Waals surface area contributed by atoms with Gasteiger partial charge in [-0.3, -0.25) is 9.98 Å². The molecule has 0 saturated carbocycles. The standard InChI is InChI=1S/2C8H7BF4N/c2*1-14-8(9(11,12)13)6-2-4-7(10)5-3-6/h2*2-5H,1H3/q2*-1/p+2. The summed E-state index contributed by atoms with van der Waals surface area (Å²) in [6.07, 6.45) is 0. The van der Waals surface area contributed by atoms with Gasteiger partial charge in [-0.05, 0) is 48.5 Å². The van der Waals surface area contributed by atoms with Crippen LogP contribution in [-0.2, 0) is 0 Å². The summed E-state index contributed by atoms with van der Waals surface area (Å²) in [5.74, 6) is -1.11. The average Bonchev–Trinajstić information content (AvgIpc) is 2.58. The van der Waals surface area contributed by atoms with Gasteiger partial charge in [0.2, 0.25) is 0 Å². The van der Waals surface area contributed by atoms with E-state index in [2.05, 4.69) is 9.98 Å². The molecule has 0 bridgehead atoms. The molecule has 0 heterocycles. The summed E-state index contributed by atoms with van der Waals surface area (Å²) in [7, 11) is 2.38. The Morgan fingerprint density at radius 1 is 0.571 bits per heavy atom. The minimum atomic E-state index is -5.09. The van der Waals surface area contributed by atoms with E-state index in [4.69, 9.17) is 0 Å². The molecule has 0 aliphatic rings. The largest absolute Gasteiger partial charge is 0.572 e. The number of hydrogen-bond donors (Lipinski definition) is 2. The molecule has 2 aromatic rings. The van der Waals surface area contributed by atoms with Crippen LogP contribution in [0.1, 0.15) is 11.1 Å². The Labute approximate surface area is 156 Å². The van der Waals surface area contributed by atoms with Gasteiger partial charge in [0.05, 0.1) is 0 Å². The quantitative estimate of drug-likeness (QED) is 0.434. The summed E-state index contributed by atoms with van der Waals surface area (Å²) in [5.41, 5.74) is -1.74. The third kappa shape index (κ3) is 6.82. The van der Waals surface area contributed by atoms with Crippen molar-refractivity contribution in [3.05, 3.63) is 71.3 Å². The lowest BCUT2D eigenvalue weighted by atomic mass is 9.78. The Morgan fingerprint density at radius 3 is 1.00 bits per heavy atom. The maximum Gasteiger partial charge on any atom is 0.572 e. The van der Waals surface area contributed by atoms with E-state index in [-0.39, 0.29) is 11.1 Å². The van der Waals surface area contributed by atoms with Gasteiger partial charge in [-0.15, -0.1) is 0 Å². The molecule has 0 atom stereocenters. The predicted molar refractivity (Wildman–Crippen MR) is 92.9 cm³/mol. The van der Waals surface area contributed by atoms with Crippen LogP contribution in [0.25, 0.3) is 0 Å². The van der Waals surface area contributed by atoms with E-state index in [1.54, 1.807) is 0 Å². The summed E-state index contributed by atoms with van der Waals surface area (Å²) in [6, 6.07) is 8.35. The minimum Gasteiger partial charge on any atom is -0.441 e. The smallest absolute Gasteiger partial charge is 0.441 e. The van der Waals surface area contributed by atoms with Gasteiger partial charge in [0.1, 0.15) is 37.0 Å². The van der Waals surface area contributed by atoms with Crippen molar-refractivity contribution in [2.45, 2.75) is 0 Å². The van der Waals surface area contributed by atoms with Crippen molar-refractivity contribution in [2.75, 3.05) is 14.1 Å². The van der Waals surface area contributed by atoms with Crippen LogP contribution in [0.2, 0.25) is 0 Å². The summed E-state index contributed by atoms with van der Waals surface area (Å²) < 4.78 is 99.1. The summed E-state index contributed by atoms with van der Waals surface area (Å²) in [4.78, 5) is 4.15. The van der Waals surface area contributed by atoms with Gasteiger partial charge in [0.25, 0.3) is 0 Å². The summed E-state index contributed by atoms with van der Waals surface area (Å²) in [5, 5.41) is 0. The molecule has 0 radical (unpaired) electrons. The number of benzene rings is 2. The van der Waals surface area contributed by atoms with Crippen LogP contribution in [0.3, 0.4) is 0 Å². The maximum atomic E-state index is 12.4. The Hall–Kier alpha value is -2.65. The third-order valence-corrected chi connectivity index (χ3v) is 3.50. The SMILES string of the molecule is C[NH+]=C(c1ccc(F)cc1)[B-](F)(F)F.C[NH+]=C(c1ccc(F)cc1)[B-](F)(F)F. The Bertz CT molecular complexity index is 754. The maximum absolute atomic E-state index is 12.4. The Kier molecular flexibility index (Phi) is 7.95. The first-order valence-corrected chi connectivity index (χ1v) is 7.91. The second kappa shape index (κ2) is 9.52. The fraction of sp³-hybridized carbons (Fsp3) is 0.125. The first-order chi connectivity index (χ1) is 12.9. The lowest BCUT2D eigenvalue weighted by molar-refractivity contribution is -0.418. The summed E-state index contributed by atoms with van der Waals surface area (Å²) in [6.45, 7) is -10.2. The third-order valence-electron chi connectivity index (χ3n) is 3.50. The molecule has 0 saturated heterocycles. The number of halogens is 8. The van der Waals surface area contributed by atoms with Gasteiger partial charge in [-0.25, -0.2) is 8.78 Å². The first-order valence-electron chi connectivity index (χ1n) is 7.91. The molecule has 152 valence electrons. The highest BCUT2D eigenvalue weighted by Gasteiger charge is 2.37. The second-order valence-corrected chi connectivity index (χ2v) is 5.49. The molecule has 2 N–H and O–H groups in total. The van der Waals surface area contributed by atoms with Gasteiger partial charge in [-0.1, -0.05) is 0 Å². The van der Waals surface area contributed by atoms with E-state index in [0.29, 0.717) is 0 Å². The highest BCUT2D eigenvalue weighted by molar-refractivity contribution is 6.93. The lowest BCUT2D eigenvalue weighted by Crippen LogP contribution is -2.73. The summed E-state index contributed by atoms with van der Waals surface area (Å²) >= 11 is 0. The molecule has 0 aromatic heterocycles. The van der Waals surface area contributed by atoms with Gasteiger partial charge in [0, 0.05) is 11.1 Å². The zero-order valence-corrected chi connectivity index (χ0v) is 14.8. The Morgan fingerprint density at radius 2 is 0.821 bits per heavy atom. The Balaban J connectivity index is 0.000000280. The van der Waals surface area contributed by atoms with Crippen LogP contribution < -0.4 is 9.98 Å². The predicted octanol–water partition coefficient (Wildman–Crippen LogP) is 1.42. The van der Waals surface area contributed by atoms with Crippen molar-refractivity contribution < 1.29 is 44.7 Å². The van der Waals surface area contributed by atoms with Gasteiger partial charge in [0.15, 0.2) is 0 Å². The monoisotopic (exact) mass is 410 g/mol. The topological polar surface area (TPSA) is 27.9 Å². The van der Waals surface area contributed by atoms with Crippen molar-refractivity contribution in [3.8, 4) is 0 Å². The number of rotatable bonds is 4. The first kappa shape index (κ1) is 23.4. The molecule has 0 aliphatic carbocycles. The van der Waals surface area contributed by atoms with E-state index < -0.39 is 36.8 Å². The van der Waals surface area contributed by atoms with Crippen LogP contribution in [0.5, 0.6) is 0 Å². The molecule has 0 amide bonds. The molecular formula is C16H16B2F8N2. The highest BCUT2D eigenvalue weighted by Crippen LogP contribution is 2.15. The zero-order chi connectivity index (χ0) is 21.5. The van der Waals surface area contributed by atoms with Gasteiger partial charge >= 0.3 is 14.0 Å². The van der Waals surface area contributed by atoms with Crippen LogP contribution in [0, 0.1) is 11.6 Å². The number of hydrogen-bond acceptors (Lipinski definition) is 0. The molecule has 2 rings (SSSR count). The van der Waals surface area contributed by atoms with Gasteiger partial charge < -0.3 is 25.9 Å². The van der Waals surface area contributed by atoms with E-state index >= 15 is 0 Å².